The Morgan fingerprint density at radius 3 is 2.92 bits per heavy atom. The van der Waals surface area contributed by atoms with Gasteiger partial charge in [-0.1, -0.05) is 32.6 Å². The van der Waals surface area contributed by atoms with Gasteiger partial charge in [-0.05, 0) is 0 Å². The Kier molecular flexibility index (Phi) is 3.15. The standard InChI is InChI=1S/C11H18ClN/c1-8-11(12)7-10(13-8)6-9-4-2-3-5-9/h4,8-11H,2-3,5-7H2,1H3/q-2. The third kappa shape index (κ3) is 2.38. The van der Waals surface area contributed by atoms with E-state index in [0.717, 1.165) is 12.3 Å². The van der Waals surface area contributed by atoms with Crippen molar-refractivity contribution >= 4 is 11.6 Å². The fourth-order valence-electron chi connectivity index (χ4n) is 2.52. The second-order valence-electron chi connectivity index (χ2n) is 4.46. The smallest absolute Gasteiger partial charge is 0.0160 e. The summed E-state index contributed by atoms with van der Waals surface area (Å²) >= 11 is 6.14. The molecule has 2 rings (SSSR count). The van der Waals surface area contributed by atoms with E-state index in [2.05, 4.69) is 18.7 Å². The second-order valence-corrected chi connectivity index (χ2v) is 5.02. The molecule has 0 aromatic carbocycles. The molecule has 1 nitrogen and oxygen atoms in total. The van der Waals surface area contributed by atoms with Gasteiger partial charge in [-0.3, -0.25) is 0 Å². The van der Waals surface area contributed by atoms with Gasteiger partial charge in [0.25, 0.3) is 0 Å². The van der Waals surface area contributed by atoms with Gasteiger partial charge in [0.1, 0.15) is 0 Å². The summed E-state index contributed by atoms with van der Waals surface area (Å²) in [6, 6.07) is 0.935. The van der Waals surface area contributed by atoms with Crippen molar-refractivity contribution in [2.45, 2.75) is 56.5 Å². The van der Waals surface area contributed by atoms with Crippen LogP contribution in [0.5, 0.6) is 0 Å². The van der Waals surface area contributed by atoms with Crippen LogP contribution in [0.4, 0.5) is 0 Å². The first kappa shape index (κ1) is 9.79. The van der Waals surface area contributed by atoms with Gasteiger partial charge in [-0.25, -0.2) is 0 Å². The van der Waals surface area contributed by atoms with E-state index in [4.69, 9.17) is 11.6 Å². The molecule has 0 N–H and O–H groups in total. The number of hydrogen-bond donors (Lipinski definition) is 0. The van der Waals surface area contributed by atoms with E-state index < -0.39 is 0 Å². The zero-order valence-electron chi connectivity index (χ0n) is 8.25. The Morgan fingerprint density at radius 2 is 2.38 bits per heavy atom. The summed E-state index contributed by atoms with van der Waals surface area (Å²) < 4.78 is 0. The van der Waals surface area contributed by atoms with E-state index in [1.165, 1.54) is 25.7 Å². The summed E-state index contributed by atoms with van der Waals surface area (Å²) in [5, 5.41) is 4.98. The van der Waals surface area contributed by atoms with Crippen molar-refractivity contribution in [3.05, 3.63) is 11.7 Å². The lowest BCUT2D eigenvalue weighted by molar-refractivity contribution is 0.519. The number of rotatable bonds is 2. The molecule has 0 spiro atoms. The first-order valence-corrected chi connectivity index (χ1v) is 5.86. The minimum absolute atomic E-state index is 0.298. The first-order chi connectivity index (χ1) is 6.25. The van der Waals surface area contributed by atoms with Gasteiger partial charge in [0.2, 0.25) is 0 Å². The van der Waals surface area contributed by atoms with Gasteiger partial charge in [0.15, 0.2) is 0 Å². The molecule has 1 aliphatic heterocycles. The van der Waals surface area contributed by atoms with Crippen molar-refractivity contribution in [3.8, 4) is 0 Å². The lowest BCUT2D eigenvalue weighted by atomic mass is 9.97. The molecule has 0 radical (unpaired) electrons. The molecule has 0 aromatic rings. The van der Waals surface area contributed by atoms with Crippen LogP contribution < -0.4 is 0 Å². The monoisotopic (exact) mass is 199 g/mol. The van der Waals surface area contributed by atoms with Crippen molar-refractivity contribution in [3.63, 3.8) is 0 Å². The number of halogens is 1. The Morgan fingerprint density at radius 1 is 1.54 bits per heavy atom. The van der Waals surface area contributed by atoms with Crippen LogP contribution in [0, 0.1) is 12.3 Å². The molecular weight excluding hydrogens is 182 g/mol. The average Bonchev–Trinajstić information content (AvgIpc) is 2.64. The summed E-state index contributed by atoms with van der Waals surface area (Å²) in [5.74, 6) is 0.836. The maximum atomic E-state index is 6.14. The first-order valence-electron chi connectivity index (χ1n) is 5.43. The topological polar surface area (TPSA) is 14.1 Å². The summed E-state index contributed by atoms with van der Waals surface area (Å²) in [7, 11) is 0. The molecule has 2 heteroatoms. The van der Waals surface area contributed by atoms with Crippen LogP contribution in [0.15, 0.2) is 0 Å². The summed E-state index contributed by atoms with van der Waals surface area (Å²) in [6.07, 6.45) is 8.92. The highest BCUT2D eigenvalue weighted by Gasteiger charge is 2.19. The van der Waals surface area contributed by atoms with Crippen LogP contribution in [0.1, 0.15) is 39.0 Å². The molecule has 1 heterocycles. The third-order valence-electron chi connectivity index (χ3n) is 3.32. The highest BCUT2D eigenvalue weighted by atomic mass is 35.5. The molecule has 2 aliphatic rings. The van der Waals surface area contributed by atoms with Gasteiger partial charge in [0.05, 0.1) is 0 Å². The predicted octanol–water partition coefficient (Wildman–Crippen LogP) is 3.52. The molecule has 13 heavy (non-hydrogen) atoms. The maximum absolute atomic E-state index is 6.14. The minimum atomic E-state index is 0.298. The zero-order chi connectivity index (χ0) is 9.26. The molecule has 1 saturated carbocycles. The van der Waals surface area contributed by atoms with Crippen LogP contribution in [0.25, 0.3) is 5.32 Å². The summed E-state index contributed by atoms with van der Waals surface area (Å²) in [6.45, 7) is 2.13. The molecule has 76 valence electrons. The minimum Gasteiger partial charge on any atom is -0.656 e. The lowest BCUT2D eigenvalue weighted by Crippen LogP contribution is -2.08. The van der Waals surface area contributed by atoms with E-state index in [-0.39, 0.29) is 0 Å². The Bertz CT molecular complexity index is 155. The van der Waals surface area contributed by atoms with Crippen molar-refractivity contribution in [1.29, 1.82) is 0 Å². The van der Waals surface area contributed by atoms with E-state index in [1.807, 2.05) is 0 Å². The molecular formula is C11H18ClN-2. The maximum Gasteiger partial charge on any atom is 0.0160 e. The SMILES string of the molecule is CC1[N-]C(CC2[CH-]CCC2)CC1Cl. The zero-order valence-corrected chi connectivity index (χ0v) is 9.00. The predicted molar refractivity (Wildman–Crippen MR) is 57.1 cm³/mol. The molecule has 1 aliphatic carbocycles. The molecule has 1 saturated heterocycles. The van der Waals surface area contributed by atoms with Gasteiger partial charge in [0, 0.05) is 5.38 Å². The van der Waals surface area contributed by atoms with Gasteiger partial charge < -0.3 is 11.7 Å². The molecule has 2 fully saturated rings. The molecule has 0 amide bonds. The molecule has 4 unspecified atom stereocenters. The highest BCUT2D eigenvalue weighted by Crippen LogP contribution is 2.37. The third-order valence-corrected chi connectivity index (χ3v) is 3.86. The van der Waals surface area contributed by atoms with E-state index in [0.29, 0.717) is 17.5 Å². The van der Waals surface area contributed by atoms with E-state index in [9.17, 15) is 0 Å². The molecule has 0 bridgehead atoms. The van der Waals surface area contributed by atoms with Crippen LogP contribution >= 0.6 is 11.6 Å². The summed E-state index contributed by atoms with van der Waals surface area (Å²) in [5.41, 5.74) is 0. The largest absolute Gasteiger partial charge is 0.656 e. The number of alkyl halides is 1. The quantitative estimate of drug-likeness (QED) is 0.477. The fraction of sp³-hybridized carbons (Fsp3) is 0.909. The van der Waals surface area contributed by atoms with Crippen LogP contribution in [-0.4, -0.2) is 17.5 Å². The van der Waals surface area contributed by atoms with Crippen molar-refractivity contribution in [1.82, 2.24) is 0 Å². The number of nitrogens with zero attached hydrogens (tertiary/aromatic N) is 1. The van der Waals surface area contributed by atoms with Crippen LogP contribution in [0.3, 0.4) is 0 Å². The molecule has 0 aromatic heterocycles. The highest BCUT2D eigenvalue weighted by molar-refractivity contribution is 6.21. The Labute approximate surface area is 86.2 Å². The van der Waals surface area contributed by atoms with Gasteiger partial charge in [-0.2, -0.15) is 12.3 Å². The average molecular weight is 200 g/mol. The molecule has 4 atom stereocenters. The lowest BCUT2D eigenvalue weighted by Gasteiger charge is -2.31. The van der Waals surface area contributed by atoms with Crippen LogP contribution in [-0.2, 0) is 0 Å². The normalized spacial score (nSPS) is 45.7. The van der Waals surface area contributed by atoms with Crippen molar-refractivity contribution in [2.75, 3.05) is 0 Å². The van der Waals surface area contributed by atoms with Crippen molar-refractivity contribution < 1.29 is 0 Å². The van der Waals surface area contributed by atoms with Gasteiger partial charge in [-0.15, -0.1) is 23.7 Å². The number of hydrogen-bond acceptors (Lipinski definition) is 0. The van der Waals surface area contributed by atoms with Crippen molar-refractivity contribution in [2.24, 2.45) is 5.92 Å². The second kappa shape index (κ2) is 4.18. The van der Waals surface area contributed by atoms with Gasteiger partial charge >= 0.3 is 0 Å². The van der Waals surface area contributed by atoms with E-state index in [1.54, 1.807) is 0 Å². The fourth-order valence-corrected chi connectivity index (χ4v) is 2.79. The Hall–Kier alpha value is 0.250. The van der Waals surface area contributed by atoms with E-state index >= 15 is 0 Å². The van der Waals surface area contributed by atoms with Crippen LogP contribution in [0.2, 0.25) is 0 Å². The summed E-state index contributed by atoms with van der Waals surface area (Å²) in [4.78, 5) is 0. The Balaban J connectivity index is 1.76.